The molecule has 1 heterocycles. The van der Waals surface area contributed by atoms with Crippen LogP contribution in [0.3, 0.4) is 0 Å². The van der Waals surface area contributed by atoms with Crippen LogP contribution in [0, 0.1) is 0 Å². The second-order valence-corrected chi connectivity index (χ2v) is 2.87. The number of carbonyl (C=O) groups is 3. The third-order valence-corrected chi connectivity index (χ3v) is 1.85. The number of amides is 1. The molecule has 7 heteroatoms. The zero-order valence-corrected chi connectivity index (χ0v) is 7.89. The van der Waals surface area contributed by atoms with Crippen LogP contribution in [0.5, 0.6) is 0 Å². The van der Waals surface area contributed by atoms with Gasteiger partial charge < -0.3 is 19.8 Å². The van der Waals surface area contributed by atoms with Gasteiger partial charge in [0.1, 0.15) is 12.3 Å². The lowest BCUT2D eigenvalue weighted by Gasteiger charge is -2.11. The molecule has 0 aromatic heterocycles. The van der Waals surface area contributed by atoms with E-state index in [1.807, 2.05) is 0 Å². The molecule has 1 aliphatic heterocycles. The number of esters is 1. The van der Waals surface area contributed by atoms with Crippen molar-refractivity contribution in [2.24, 2.45) is 0 Å². The van der Waals surface area contributed by atoms with Crippen LogP contribution >= 0.6 is 0 Å². The fraction of sp³-hybridized carbons (Fsp3) is 0.375. The number of rotatable bonds is 3. The number of carboxylic acids is 1. The number of nitrogens with zero attached hydrogens (tertiary/aromatic N) is 1. The summed E-state index contributed by atoms with van der Waals surface area (Å²) in [6, 6.07) is 0. The maximum Gasteiger partial charge on any atom is 0.347 e. The van der Waals surface area contributed by atoms with E-state index in [-0.39, 0.29) is 6.54 Å². The Morgan fingerprint density at radius 3 is 2.60 bits per heavy atom. The van der Waals surface area contributed by atoms with Crippen molar-refractivity contribution in [3.8, 4) is 0 Å². The number of methoxy groups -OCH3 is 1. The largest absolute Gasteiger partial charge is 0.509 e. The molecule has 1 amide bonds. The maximum absolute atomic E-state index is 11.4. The first kappa shape index (κ1) is 11.0. The number of aliphatic carboxylic acids is 1. The number of ether oxygens (including phenoxy) is 1. The van der Waals surface area contributed by atoms with Crippen molar-refractivity contribution >= 4 is 17.8 Å². The minimum atomic E-state index is -1.22. The summed E-state index contributed by atoms with van der Waals surface area (Å²) in [5.41, 5.74) is -0.501. The molecule has 0 aliphatic carbocycles. The molecule has 82 valence electrons. The van der Waals surface area contributed by atoms with Crippen molar-refractivity contribution in [1.29, 1.82) is 0 Å². The molecule has 0 aromatic carbocycles. The van der Waals surface area contributed by atoms with Gasteiger partial charge in [-0.3, -0.25) is 9.59 Å². The molecule has 7 nitrogen and oxygen atoms in total. The Balaban J connectivity index is 2.84. The molecule has 0 saturated carbocycles. The van der Waals surface area contributed by atoms with Crippen LogP contribution in [0.2, 0.25) is 0 Å². The number of carbonyl (C=O) groups excluding carboxylic acids is 2. The quantitative estimate of drug-likeness (QED) is 0.457. The Morgan fingerprint density at radius 1 is 1.53 bits per heavy atom. The van der Waals surface area contributed by atoms with E-state index in [9.17, 15) is 19.5 Å². The van der Waals surface area contributed by atoms with Gasteiger partial charge in [-0.1, -0.05) is 0 Å². The summed E-state index contributed by atoms with van der Waals surface area (Å²) in [7, 11) is 1.07. The van der Waals surface area contributed by atoms with Gasteiger partial charge in [-0.05, 0) is 0 Å². The third-order valence-electron chi connectivity index (χ3n) is 1.85. The fourth-order valence-electron chi connectivity index (χ4n) is 1.21. The van der Waals surface area contributed by atoms with Crippen LogP contribution in [-0.2, 0) is 19.1 Å². The first-order chi connectivity index (χ1) is 6.97. The number of hydrogen-bond acceptors (Lipinski definition) is 5. The van der Waals surface area contributed by atoms with Crippen molar-refractivity contribution < 1.29 is 29.3 Å². The highest BCUT2D eigenvalue weighted by Gasteiger charge is 2.36. The zero-order valence-electron chi connectivity index (χ0n) is 7.89. The first-order valence-electron chi connectivity index (χ1n) is 3.99. The summed E-state index contributed by atoms with van der Waals surface area (Å²) in [4.78, 5) is 33.6. The molecule has 1 aliphatic rings. The van der Waals surface area contributed by atoms with Gasteiger partial charge in [-0.2, -0.15) is 0 Å². The van der Waals surface area contributed by atoms with Crippen LogP contribution in [0.1, 0.15) is 0 Å². The van der Waals surface area contributed by atoms with Crippen molar-refractivity contribution in [3.63, 3.8) is 0 Å². The van der Waals surface area contributed by atoms with Crippen LogP contribution < -0.4 is 0 Å². The molecule has 0 bridgehead atoms. The smallest absolute Gasteiger partial charge is 0.347 e. The maximum atomic E-state index is 11.4. The summed E-state index contributed by atoms with van der Waals surface area (Å²) >= 11 is 0. The number of hydrogen-bond donors (Lipinski definition) is 2. The van der Waals surface area contributed by atoms with Crippen molar-refractivity contribution in [2.45, 2.75) is 0 Å². The van der Waals surface area contributed by atoms with Crippen molar-refractivity contribution in [2.75, 3.05) is 20.2 Å². The molecule has 0 radical (unpaired) electrons. The molecule has 0 atom stereocenters. The van der Waals surface area contributed by atoms with E-state index in [0.717, 1.165) is 12.0 Å². The van der Waals surface area contributed by atoms with E-state index < -0.39 is 35.7 Å². The molecule has 15 heavy (non-hydrogen) atoms. The monoisotopic (exact) mass is 215 g/mol. The average molecular weight is 215 g/mol. The Hall–Kier alpha value is -2.05. The lowest BCUT2D eigenvalue weighted by Crippen LogP contribution is -2.33. The van der Waals surface area contributed by atoms with E-state index in [4.69, 9.17) is 5.11 Å². The Kier molecular flexibility index (Phi) is 2.93. The highest BCUT2D eigenvalue weighted by atomic mass is 16.5. The van der Waals surface area contributed by atoms with Crippen LogP contribution in [0.15, 0.2) is 11.3 Å². The van der Waals surface area contributed by atoms with Crippen LogP contribution in [0.25, 0.3) is 0 Å². The summed E-state index contributed by atoms with van der Waals surface area (Å²) in [5, 5.41) is 17.7. The Bertz CT molecular complexity index is 358. The minimum absolute atomic E-state index is 0.282. The summed E-state index contributed by atoms with van der Waals surface area (Å²) in [6.45, 7) is -0.848. The molecule has 0 saturated heterocycles. The summed E-state index contributed by atoms with van der Waals surface area (Å²) in [6.07, 6.45) is 0. The molecular formula is C8H9NO6. The molecule has 0 fully saturated rings. The van der Waals surface area contributed by atoms with Gasteiger partial charge >= 0.3 is 11.9 Å². The van der Waals surface area contributed by atoms with Gasteiger partial charge in [0, 0.05) is 0 Å². The summed E-state index contributed by atoms with van der Waals surface area (Å²) in [5.74, 6) is -3.48. The van der Waals surface area contributed by atoms with Gasteiger partial charge in [0.2, 0.25) is 0 Å². The average Bonchev–Trinajstić information content (AvgIpc) is 2.40. The fourth-order valence-corrected chi connectivity index (χ4v) is 1.21. The number of aliphatic hydroxyl groups is 1. The van der Waals surface area contributed by atoms with Gasteiger partial charge in [-0.25, -0.2) is 4.79 Å². The third kappa shape index (κ3) is 2.06. The summed E-state index contributed by atoms with van der Waals surface area (Å²) < 4.78 is 4.28. The molecule has 2 N–H and O–H groups in total. The molecule has 0 aromatic rings. The van der Waals surface area contributed by atoms with Crippen LogP contribution in [-0.4, -0.2) is 53.2 Å². The normalized spacial score (nSPS) is 15.8. The van der Waals surface area contributed by atoms with Gasteiger partial charge in [0.05, 0.1) is 13.7 Å². The van der Waals surface area contributed by atoms with Crippen LogP contribution in [0.4, 0.5) is 0 Å². The lowest BCUT2D eigenvalue weighted by atomic mass is 10.2. The Morgan fingerprint density at radius 2 is 2.13 bits per heavy atom. The molecule has 1 rings (SSSR count). The SMILES string of the molecule is COC(=O)C1=C(O)CN(CC(=O)O)C1=O. The van der Waals surface area contributed by atoms with E-state index in [2.05, 4.69) is 4.74 Å². The first-order valence-corrected chi connectivity index (χ1v) is 3.99. The highest BCUT2D eigenvalue weighted by molar-refractivity contribution is 6.18. The van der Waals surface area contributed by atoms with Gasteiger partial charge in [-0.15, -0.1) is 0 Å². The zero-order chi connectivity index (χ0) is 11.6. The Labute approximate surface area is 84.5 Å². The van der Waals surface area contributed by atoms with E-state index in [1.54, 1.807) is 0 Å². The molecule has 0 unspecified atom stereocenters. The minimum Gasteiger partial charge on any atom is -0.509 e. The van der Waals surface area contributed by atoms with Crippen molar-refractivity contribution in [1.82, 2.24) is 4.90 Å². The predicted octanol–water partition coefficient (Wildman–Crippen LogP) is -1.10. The predicted molar refractivity (Wildman–Crippen MR) is 45.9 cm³/mol. The van der Waals surface area contributed by atoms with E-state index in [0.29, 0.717) is 0 Å². The number of carboxylic acid groups (broad SMARTS) is 1. The second kappa shape index (κ2) is 3.99. The van der Waals surface area contributed by atoms with Gasteiger partial charge in [0.25, 0.3) is 5.91 Å². The molecular weight excluding hydrogens is 206 g/mol. The second-order valence-electron chi connectivity index (χ2n) is 2.87. The van der Waals surface area contributed by atoms with Gasteiger partial charge in [0.15, 0.2) is 5.57 Å². The van der Waals surface area contributed by atoms with E-state index in [1.165, 1.54) is 0 Å². The highest BCUT2D eigenvalue weighted by Crippen LogP contribution is 2.17. The molecule has 0 spiro atoms. The lowest BCUT2D eigenvalue weighted by molar-refractivity contribution is -0.144. The standard InChI is InChI=1S/C8H9NO6/c1-15-8(14)6-4(10)2-9(7(6)13)3-5(11)12/h10H,2-3H2,1H3,(H,11,12). The van der Waals surface area contributed by atoms with E-state index >= 15 is 0 Å². The van der Waals surface area contributed by atoms with Crippen molar-refractivity contribution in [3.05, 3.63) is 11.3 Å². The topological polar surface area (TPSA) is 104 Å². The number of aliphatic hydroxyl groups excluding tert-OH is 1.